The van der Waals surface area contributed by atoms with Gasteiger partial charge in [0.15, 0.2) is 0 Å². The molecule has 4 rings (SSSR count). The molecule has 2 unspecified atom stereocenters. The zero-order valence-corrected chi connectivity index (χ0v) is 13.4. The molecular formula is C18H24N2S. The standard InChI is InChI=1S/C18H24N2S/c19-11-18-15(14-7-1-2-9-17(14)21-18)12-20-10-4-6-13-5-3-8-16(13)20/h1-2,7,9,13,16H,3-6,8,10-12,19H2. The smallest absolute Gasteiger partial charge is 0.0349 e. The van der Waals surface area contributed by atoms with E-state index in [1.54, 1.807) is 0 Å². The topological polar surface area (TPSA) is 29.3 Å². The molecule has 0 spiro atoms. The number of thiophene rings is 1. The molecule has 1 aromatic heterocycles. The zero-order valence-electron chi connectivity index (χ0n) is 12.6. The van der Waals surface area contributed by atoms with Crippen molar-refractivity contribution in [2.24, 2.45) is 11.7 Å². The fraction of sp³-hybridized carbons (Fsp3) is 0.556. The number of nitrogens with zero attached hydrogens (tertiary/aromatic N) is 1. The van der Waals surface area contributed by atoms with Crippen LogP contribution in [0.2, 0.25) is 0 Å². The van der Waals surface area contributed by atoms with E-state index in [0.717, 1.165) is 18.5 Å². The van der Waals surface area contributed by atoms with Gasteiger partial charge < -0.3 is 5.73 Å². The minimum atomic E-state index is 0.677. The van der Waals surface area contributed by atoms with Gasteiger partial charge in [0.05, 0.1) is 0 Å². The van der Waals surface area contributed by atoms with E-state index < -0.39 is 0 Å². The molecule has 2 nitrogen and oxygen atoms in total. The number of rotatable bonds is 3. The van der Waals surface area contributed by atoms with E-state index >= 15 is 0 Å². The lowest BCUT2D eigenvalue weighted by atomic mass is 9.91. The maximum absolute atomic E-state index is 6.02. The first-order valence-electron chi connectivity index (χ1n) is 8.30. The molecular weight excluding hydrogens is 276 g/mol. The van der Waals surface area contributed by atoms with Gasteiger partial charge in [-0.2, -0.15) is 0 Å². The van der Waals surface area contributed by atoms with Gasteiger partial charge in [0, 0.05) is 28.7 Å². The molecule has 1 aliphatic carbocycles. The summed E-state index contributed by atoms with van der Waals surface area (Å²) in [5.74, 6) is 0.963. The summed E-state index contributed by atoms with van der Waals surface area (Å²) < 4.78 is 1.40. The maximum Gasteiger partial charge on any atom is 0.0349 e. The van der Waals surface area contributed by atoms with Crippen molar-refractivity contribution in [3.63, 3.8) is 0 Å². The van der Waals surface area contributed by atoms with Crippen molar-refractivity contribution in [3.05, 3.63) is 34.7 Å². The number of piperidine rings is 1. The van der Waals surface area contributed by atoms with E-state index in [0.29, 0.717) is 6.54 Å². The van der Waals surface area contributed by atoms with Gasteiger partial charge >= 0.3 is 0 Å². The normalized spacial score (nSPS) is 26.3. The van der Waals surface area contributed by atoms with Crippen molar-refractivity contribution in [3.8, 4) is 0 Å². The van der Waals surface area contributed by atoms with E-state index in [1.165, 1.54) is 59.2 Å². The SMILES string of the molecule is NCc1sc2ccccc2c1CN1CCCC2CCCC21. The molecule has 21 heavy (non-hydrogen) atoms. The molecule has 3 heteroatoms. The fourth-order valence-electron chi connectivity index (χ4n) is 4.44. The van der Waals surface area contributed by atoms with Crippen LogP contribution in [0.3, 0.4) is 0 Å². The highest BCUT2D eigenvalue weighted by atomic mass is 32.1. The van der Waals surface area contributed by atoms with Crippen LogP contribution in [0, 0.1) is 5.92 Å². The van der Waals surface area contributed by atoms with Crippen LogP contribution in [-0.4, -0.2) is 17.5 Å². The lowest BCUT2D eigenvalue weighted by Gasteiger charge is -2.38. The summed E-state index contributed by atoms with van der Waals surface area (Å²) >= 11 is 1.89. The second-order valence-corrected chi connectivity index (χ2v) is 7.71. The maximum atomic E-state index is 6.02. The molecule has 1 saturated heterocycles. The molecule has 1 aliphatic heterocycles. The second-order valence-electron chi connectivity index (χ2n) is 6.58. The van der Waals surface area contributed by atoms with Crippen molar-refractivity contribution in [1.29, 1.82) is 0 Å². The van der Waals surface area contributed by atoms with E-state index in [-0.39, 0.29) is 0 Å². The van der Waals surface area contributed by atoms with Crippen molar-refractivity contribution >= 4 is 21.4 Å². The molecule has 2 aliphatic rings. The van der Waals surface area contributed by atoms with Crippen LogP contribution in [0.4, 0.5) is 0 Å². The van der Waals surface area contributed by atoms with Crippen molar-refractivity contribution in [1.82, 2.24) is 4.90 Å². The molecule has 112 valence electrons. The molecule has 2 aromatic rings. The summed E-state index contributed by atoms with van der Waals surface area (Å²) in [6, 6.07) is 9.64. The lowest BCUT2D eigenvalue weighted by molar-refractivity contribution is 0.106. The average Bonchev–Trinajstić information content (AvgIpc) is 3.12. The molecule has 2 fully saturated rings. The van der Waals surface area contributed by atoms with Gasteiger partial charge in [-0.3, -0.25) is 4.90 Å². The van der Waals surface area contributed by atoms with Gasteiger partial charge in [0.2, 0.25) is 0 Å². The highest BCUT2D eigenvalue weighted by Gasteiger charge is 2.35. The Kier molecular flexibility index (Phi) is 3.74. The van der Waals surface area contributed by atoms with Crippen LogP contribution >= 0.6 is 11.3 Å². The van der Waals surface area contributed by atoms with Crippen LogP contribution in [0.25, 0.3) is 10.1 Å². The highest BCUT2D eigenvalue weighted by Crippen LogP contribution is 2.39. The number of hydrogen-bond donors (Lipinski definition) is 1. The highest BCUT2D eigenvalue weighted by molar-refractivity contribution is 7.19. The number of fused-ring (bicyclic) bond motifs is 2. The fourth-order valence-corrected chi connectivity index (χ4v) is 5.54. The third-order valence-electron chi connectivity index (χ3n) is 5.44. The number of likely N-dealkylation sites (tertiary alicyclic amines) is 1. The van der Waals surface area contributed by atoms with Crippen LogP contribution in [0.5, 0.6) is 0 Å². The number of nitrogens with two attached hydrogens (primary N) is 1. The van der Waals surface area contributed by atoms with E-state index in [2.05, 4.69) is 29.2 Å². The first-order valence-corrected chi connectivity index (χ1v) is 9.12. The molecule has 0 bridgehead atoms. The number of hydrogen-bond acceptors (Lipinski definition) is 3. The van der Waals surface area contributed by atoms with Crippen LogP contribution in [0.15, 0.2) is 24.3 Å². The molecule has 2 heterocycles. The van der Waals surface area contributed by atoms with E-state index in [1.807, 2.05) is 11.3 Å². The summed E-state index contributed by atoms with van der Waals surface area (Å²) in [4.78, 5) is 4.14. The van der Waals surface area contributed by atoms with Crippen LogP contribution in [0.1, 0.15) is 42.5 Å². The van der Waals surface area contributed by atoms with Gasteiger partial charge in [-0.25, -0.2) is 0 Å². The number of benzene rings is 1. The van der Waals surface area contributed by atoms with Crippen molar-refractivity contribution in [2.75, 3.05) is 6.54 Å². The monoisotopic (exact) mass is 300 g/mol. The minimum Gasteiger partial charge on any atom is -0.326 e. The molecule has 0 amide bonds. The molecule has 2 N–H and O–H groups in total. The third kappa shape index (κ3) is 2.41. The Morgan fingerprint density at radius 2 is 2.00 bits per heavy atom. The summed E-state index contributed by atoms with van der Waals surface area (Å²) in [7, 11) is 0. The first kappa shape index (κ1) is 13.7. The van der Waals surface area contributed by atoms with Gasteiger partial charge in [-0.1, -0.05) is 24.6 Å². The van der Waals surface area contributed by atoms with Crippen molar-refractivity contribution in [2.45, 2.75) is 51.2 Å². The summed E-state index contributed by atoms with van der Waals surface area (Å²) in [5, 5.41) is 1.43. The van der Waals surface area contributed by atoms with Crippen LogP contribution in [-0.2, 0) is 13.1 Å². The Hall–Kier alpha value is -0.900. The van der Waals surface area contributed by atoms with Gasteiger partial charge in [-0.15, -0.1) is 11.3 Å². The van der Waals surface area contributed by atoms with Gasteiger partial charge in [-0.05, 0) is 55.2 Å². The Bertz CT molecular complexity index is 633. The largest absolute Gasteiger partial charge is 0.326 e. The Morgan fingerprint density at radius 1 is 1.14 bits per heavy atom. The minimum absolute atomic E-state index is 0.677. The average molecular weight is 300 g/mol. The molecule has 1 saturated carbocycles. The Morgan fingerprint density at radius 3 is 2.90 bits per heavy atom. The lowest BCUT2D eigenvalue weighted by Crippen LogP contribution is -2.42. The molecule has 0 radical (unpaired) electrons. The molecule has 2 atom stereocenters. The predicted octanol–water partition coefficient (Wildman–Crippen LogP) is 4.12. The van der Waals surface area contributed by atoms with Crippen LogP contribution < -0.4 is 5.73 Å². The summed E-state index contributed by atoms with van der Waals surface area (Å²) in [6.07, 6.45) is 7.12. The predicted molar refractivity (Wildman–Crippen MR) is 90.5 cm³/mol. The van der Waals surface area contributed by atoms with E-state index in [4.69, 9.17) is 5.73 Å². The Balaban J connectivity index is 1.67. The quantitative estimate of drug-likeness (QED) is 0.923. The second kappa shape index (κ2) is 5.71. The van der Waals surface area contributed by atoms with Gasteiger partial charge in [0.1, 0.15) is 0 Å². The van der Waals surface area contributed by atoms with E-state index in [9.17, 15) is 0 Å². The summed E-state index contributed by atoms with van der Waals surface area (Å²) in [5.41, 5.74) is 7.52. The zero-order chi connectivity index (χ0) is 14.2. The first-order chi connectivity index (χ1) is 10.4. The Labute approximate surface area is 130 Å². The molecule has 1 aromatic carbocycles. The van der Waals surface area contributed by atoms with Crippen molar-refractivity contribution < 1.29 is 0 Å². The van der Waals surface area contributed by atoms with Gasteiger partial charge in [0.25, 0.3) is 0 Å². The summed E-state index contributed by atoms with van der Waals surface area (Å²) in [6.45, 7) is 3.06. The third-order valence-corrected chi connectivity index (χ3v) is 6.67.